The van der Waals surface area contributed by atoms with Gasteiger partial charge in [-0.3, -0.25) is 0 Å². The smallest absolute Gasteiger partial charge is 0.0412 e. The molecule has 16 heavy (non-hydrogen) atoms. The van der Waals surface area contributed by atoms with E-state index in [0.29, 0.717) is 0 Å². The van der Waals surface area contributed by atoms with Gasteiger partial charge in [0.25, 0.3) is 0 Å². The summed E-state index contributed by atoms with van der Waals surface area (Å²) in [6.07, 6.45) is 3.73. The van der Waals surface area contributed by atoms with Crippen molar-refractivity contribution in [2.75, 3.05) is 0 Å². The summed E-state index contributed by atoms with van der Waals surface area (Å²) in [5, 5.41) is 0.772. The molecule has 2 aromatic carbocycles. The maximum Gasteiger partial charge on any atom is 0.0412 e. The van der Waals surface area contributed by atoms with E-state index in [1.54, 1.807) is 0 Å². The zero-order valence-corrected chi connectivity index (χ0v) is 9.72. The van der Waals surface area contributed by atoms with Gasteiger partial charge in [0.1, 0.15) is 0 Å². The molecule has 0 fully saturated rings. The third-order valence-corrected chi connectivity index (χ3v) is 3.41. The highest BCUT2D eigenvalue weighted by molar-refractivity contribution is 6.30. The summed E-state index contributed by atoms with van der Waals surface area (Å²) < 4.78 is 0. The summed E-state index contributed by atoms with van der Waals surface area (Å²) in [5.41, 5.74) is 5.31. The molecule has 0 heterocycles. The Morgan fingerprint density at radius 3 is 2.75 bits per heavy atom. The fourth-order valence-corrected chi connectivity index (χ4v) is 2.52. The molecule has 0 spiro atoms. The SMILES string of the molecule is Clc1cc[c]c(-c2ccc3c(c2)CCC3)c1. The molecule has 0 amide bonds. The molecule has 1 aliphatic rings. The Bertz CT molecular complexity index is 529. The van der Waals surface area contributed by atoms with Crippen LogP contribution in [-0.4, -0.2) is 0 Å². The minimum Gasteiger partial charge on any atom is -0.0843 e. The number of rotatable bonds is 1. The second kappa shape index (κ2) is 3.95. The minimum absolute atomic E-state index is 0.772. The predicted molar refractivity (Wildman–Crippen MR) is 67.7 cm³/mol. The Hall–Kier alpha value is -1.27. The van der Waals surface area contributed by atoms with E-state index in [2.05, 4.69) is 24.3 Å². The van der Waals surface area contributed by atoms with E-state index in [-0.39, 0.29) is 0 Å². The maximum atomic E-state index is 5.99. The topological polar surface area (TPSA) is 0 Å². The largest absolute Gasteiger partial charge is 0.0843 e. The zero-order chi connectivity index (χ0) is 11.0. The second-order valence-electron chi connectivity index (χ2n) is 4.26. The van der Waals surface area contributed by atoms with Crippen LogP contribution in [0.4, 0.5) is 0 Å². The van der Waals surface area contributed by atoms with Crippen LogP contribution in [0.25, 0.3) is 11.1 Å². The number of fused-ring (bicyclic) bond motifs is 1. The molecule has 2 aromatic rings. The van der Waals surface area contributed by atoms with Crippen molar-refractivity contribution in [3.05, 3.63) is 58.6 Å². The van der Waals surface area contributed by atoms with Crippen LogP contribution in [0.3, 0.4) is 0 Å². The van der Waals surface area contributed by atoms with E-state index < -0.39 is 0 Å². The fourth-order valence-electron chi connectivity index (χ4n) is 2.34. The van der Waals surface area contributed by atoms with Crippen LogP contribution >= 0.6 is 11.6 Å². The number of hydrogen-bond donors (Lipinski definition) is 0. The van der Waals surface area contributed by atoms with Crippen molar-refractivity contribution >= 4 is 11.6 Å². The lowest BCUT2D eigenvalue weighted by Gasteiger charge is -2.05. The normalized spacial score (nSPS) is 13.8. The fraction of sp³-hybridized carbons (Fsp3) is 0.200. The van der Waals surface area contributed by atoms with Gasteiger partial charge in [-0.2, -0.15) is 0 Å². The van der Waals surface area contributed by atoms with Crippen LogP contribution in [0.2, 0.25) is 5.02 Å². The summed E-state index contributed by atoms with van der Waals surface area (Å²) in [7, 11) is 0. The molecular weight excluding hydrogens is 216 g/mol. The highest BCUT2D eigenvalue weighted by Crippen LogP contribution is 2.28. The molecule has 1 aliphatic carbocycles. The summed E-state index contributed by atoms with van der Waals surface area (Å²) in [5.74, 6) is 0. The Morgan fingerprint density at radius 2 is 1.88 bits per heavy atom. The molecule has 0 bridgehead atoms. The predicted octanol–water partition coefficient (Wildman–Crippen LogP) is 4.30. The van der Waals surface area contributed by atoms with Crippen molar-refractivity contribution in [3.63, 3.8) is 0 Å². The first-order chi connectivity index (χ1) is 7.83. The van der Waals surface area contributed by atoms with E-state index in [1.807, 2.05) is 18.2 Å². The standard InChI is InChI=1S/C15H12Cl/c16-15-6-2-5-13(10-15)14-8-7-11-3-1-4-12(11)9-14/h2,6-10H,1,3-4H2. The first kappa shape index (κ1) is 9.92. The number of hydrogen-bond acceptors (Lipinski definition) is 0. The van der Waals surface area contributed by atoms with Crippen LogP contribution in [0.5, 0.6) is 0 Å². The van der Waals surface area contributed by atoms with Gasteiger partial charge in [0.05, 0.1) is 0 Å². The van der Waals surface area contributed by atoms with Crippen molar-refractivity contribution in [1.29, 1.82) is 0 Å². The average Bonchev–Trinajstić information content (AvgIpc) is 2.75. The molecule has 0 nitrogen and oxygen atoms in total. The number of benzene rings is 2. The average molecular weight is 228 g/mol. The molecule has 0 aliphatic heterocycles. The monoisotopic (exact) mass is 227 g/mol. The third-order valence-electron chi connectivity index (χ3n) is 3.17. The van der Waals surface area contributed by atoms with Gasteiger partial charge in [-0.25, -0.2) is 0 Å². The molecule has 0 atom stereocenters. The van der Waals surface area contributed by atoms with E-state index in [1.165, 1.54) is 36.0 Å². The molecule has 0 unspecified atom stereocenters. The van der Waals surface area contributed by atoms with Gasteiger partial charge in [0, 0.05) is 5.02 Å². The van der Waals surface area contributed by atoms with Crippen LogP contribution in [0.15, 0.2) is 36.4 Å². The summed E-state index contributed by atoms with van der Waals surface area (Å²) in [4.78, 5) is 0. The van der Waals surface area contributed by atoms with E-state index in [0.717, 1.165) is 10.6 Å². The van der Waals surface area contributed by atoms with E-state index >= 15 is 0 Å². The molecule has 0 aromatic heterocycles. The Kier molecular flexibility index (Phi) is 2.45. The molecular formula is C15H12Cl. The maximum absolute atomic E-state index is 5.99. The van der Waals surface area contributed by atoms with Crippen LogP contribution in [0, 0.1) is 6.07 Å². The van der Waals surface area contributed by atoms with Gasteiger partial charge in [-0.05, 0) is 59.7 Å². The quantitative estimate of drug-likeness (QED) is 0.682. The molecule has 0 N–H and O–H groups in total. The lowest BCUT2D eigenvalue weighted by Crippen LogP contribution is -1.84. The molecule has 0 saturated heterocycles. The van der Waals surface area contributed by atoms with E-state index in [4.69, 9.17) is 11.6 Å². The molecule has 79 valence electrons. The van der Waals surface area contributed by atoms with Crippen molar-refractivity contribution in [1.82, 2.24) is 0 Å². The summed E-state index contributed by atoms with van der Waals surface area (Å²) in [6.45, 7) is 0. The Labute approximate surface area is 101 Å². The zero-order valence-electron chi connectivity index (χ0n) is 8.96. The van der Waals surface area contributed by atoms with Crippen molar-refractivity contribution in [2.45, 2.75) is 19.3 Å². The lowest BCUT2D eigenvalue weighted by molar-refractivity contribution is 0.912. The van der Waals surface area contributed by atoms with Gasteiger partial charge in [0.2, 0.25) is 0 Å². The van der Waals surface area contributed by atoms with Crippen LogP contribution in [0.1, 0.15) is 17.5 Å². The van der Waals surface area contributed by atoms with Gasteiger partial charge in [-0.15, -0.1) is 0 Å². The molecule has 3 rings (SSSR count). The van der Waals surface area contributed by atoms with Crippen LogP contribution < -0.4 is 0 Å². The van der Waals surface area contributed by atoms with Gasteiger partial charge in [-0.1, -0.05) is 35.9 Å². The van der Waals surface area contributed by atoms with Gasteiger partial charge >= 0.3 is 0 Å². The second-order valence-corrected chi connectivity index (χ2v) is 4.69. The van der Waals surface area contributed by atoms with Gasteiger partial charge in [0.15, 0.2) is 0 Å². The highest BCUT2D eigenvalue weighted by Gasteiger charge is 2.11. The van der Waals surface area contributed by atoms with Crippen molar-refractivity contribution in [2.24, 2.45) is 0 Å². The Morgan fingerprint density at radius 1 is 1.00 bits per heavy atom. The first-order valence-electron chi connectivity index (χ1n) is 5.62. The summed E-state index contributed by atoms with van der Waals surface area (Å²) >= 11 is 5.99. The van der Waals surface area contributed by atoms with Gasteiger partial charge < -0.3 is 0 Å². The Balaban J connectivity index is 2.07. The number of aryl methyl sites for hydroxylation is 2. The molecule has 1 radical (unpaired) electrons. The van der Waals surface area contributed by atoms with Crippen LogP contribution in [-0.2, 0) is 12.8 Å². The molecule has 1 heteroatoms. The third kappa shape index (κ3) is 1.74. The van der Waals surface area contributed by atoms with Crippen molar-refractivity contribution < 1.29 is 0 Å². The highest BCUT2D eigenvalue weighted by atomic mass is 35.5. The lowest BCUT2D eigenvalue weighted by atomic mass is 10.0. The minimum atomic E-state index is 0.772. The summed E-state index contributed by atoms with van der Waals surface area (Å²) in [6, 6.07) is 15.6. The van der Waals surface area contributed by atoms with E-state index in [9.17, 15) is 0 Å². The molecule has 0 saturated carbocycles. The first-order valence-corrected chi connectivity index (χ1v) is 6.00. The van der Waals surface area contributed by atoms with Crippen molar-refractivity contribution in [3.8, 4) is 11.1 Å². The number of halogens is 1.